The first-order valence-corrected chi connectivity index (χ1v) is 8.91. The van der Waals surface area contributed by atoms with Crippen LogP contribution >= 0.6 is 23.5 Å². The first-order chi connectivity index (χ1) is 10.7. The molecule has 4 rings (SSSR count). The summed E-state index contributed by atoms with van der Waals surface area (Å²) in [7, 11) is 0. The Morgan fingerprint density at radius 3 is 3.27 bits per heavy atom. The number of thioether (sulfide) groups is 2. The SMILES string of the molecule is O=C(Nc1onc2c1CSC2)C1CSc2nccc(=O)n2C1. The van der Waals surface area contributed by atoms with Crippen molar-refractivity contribution in [3.8, 4) is 0 Å². The van der Waals surface area contributed by atoms with Gasteiger partial charge in [0.25, 0.3) is 5.56 Å². The molecular weight excluding hydrogens is 324 g/mol. The molecule has 0 aliphatic carbocycles. The summed E-state index contributed by atoms with van der Waals surface area (Å²) in [4.78, 5) is 28.4. The molecule has 2 aliphatic heterocycles. The van der Waals surface area contributed by atoms with E-state index in [0.29, 0.717) is 23.3 Å². The lowest BCUT2D eigenvalue weighted by atomic mass is 10.1. The van der Waals surface area contributed by atoms with Gasteiger partial charge in [0, 0.05) is 36.1 Å². The van der Waals surface area contributed by atoms with E-state index in [9.17, 15) is 9.59 Å². The van der Waals surface area contributed by atoms with Crippen molar-refractivity contribution < 1.29 is 9.32 Å². The summed E-state index contributed by atoms with van der Waals surface area (Å²) in [6.07, 6.45) is 1.50. The quantitative estimate of drug-likeness (QED) is 0.828. The summed E-state index contributed by atoms with van der Waals surface area (Å²) in [6, 6.07) is 1.41. The third-order valence-electron chi connectivity index (χ3n) is 3.68. The first kappa shape index (κ1) is 13.9. The van der Waals surface area contributed by atoms with E-state index in [1.807, 2.05) is 0 Å². The van der Waals surface area contributed by atoms with Gasteiger partial charge in [0.2, 0.25) is 11.8 Å². The molecule has 0 spiro atoms. The highest BCUT2D eigenvalue weighted by molar-refractivity contribution is 7.99. The maximum absolute atomic E-state index is 12.4. The van der Waals surface area contributed by atoms with E-state index in [2.05, 4.69) is 15.5 Å². The van der Waals surface area contributed by atoms with Gasteiger partial charge >= 0.3 is 0 Å². The third kappa shape index (κ3) is 2.34. The maximum atomic E-state index is 12.4. The molecule has 1 N–H and O–H groups in total. The monoisotopic (exact) mass is 336 g/mol. The molecule has 114 valence electrons. The molecular formula is C13H12N4O3S2. The second-order valence-electron chi connectivity index (χ2n) is 5.10. The standard InChI is InChI=1S/C13H12N4O3S2/c18-10-1-2-14-13-17(10)3-7(4-22-13)11(19)15-12-8-5-21-6-9(8)16-20-12/h1-2,7H,3-6H2,(H,15,19). The summed E-state index contributed by atoms with van der Waals surface area (Å²) in [5.41, 5.74) is 1.75. The van der Waals surface area contributed by atoms with E-state index in [1.165, 1.54) is 24.0 Å². The Balaban J connectivity index is 1.52. The molecule has 2 aromatic rings. The van der Waals surface area contributed by atoms with Crippen LogP contribution in [0.1, 0.15) is 11.3 Å². The molecule has 0 radical (unpaired) electrons. The van der Waals surface area contributed by atoms with Crippen LogP contribution in [0, 0.1) is 5.92 Å². The van der Waals surface area contributed by atoms with Gasteiger partial charge in [-0.15, -0.1) is 0 Å². The maximum Gasteiger partial charge on any atom is 0.254 e. The molecule has 2 aliphatic rings. The summed E-state index contributed by atoms with van der Waals surface area (Å²) >= 11 is 3.17. The van der Waals surface area contributed by atoms with Crippen LogP contribution in [0.2, 0.25) is 0 Å². The lowest BCUT2D eigenvalue weighted by molar-refractivity contribution is -0.119. The Morgan fingerprint density at radius 1 is 1.45 bits per heavy atom. The highest BCUT2D eigenvalue weighted by Gasteiger charge is 2.29. The zero-order valence-electron chi connectivity index (χ0n) is 11.4. The molecule has 4 heterocycles. The number of nitrogens with one attached hydrogen (secondary N) is 1. The fourth-order valence-corrected chi connectivity index (χ4v) is 4.56. The number of rotatable bonds is 2. The number of carbonyl (C=O) groups excluding carboxylic acids is 1. The number of aromatic nitrogens is 3. The molecule has 0 fully saturated rings. The van der Waals surface area contributed by atoms with E-state index < -0.39 is 0 Å². The molecule has 0 bridgehead atoms. The van der Waals surface area contributed by atoms with E-state index in [1.54, 1.807) is 16.3 Å². The molecule has 0 aromatic carbocycles. The summed E-state index contributed by atoms with van der Waals surface area (Å²) in [5, 5.41) is 7.44. The molecule has 1 unspecified atom stereocenters. The molecule has 7 nitrogen and oxygen atoms in total. The second-order valence-corrected chi connectivity index (χ2v) is 7.08. The van der Waals surface area contributed by atoms with Gasteiger partial charge in [0.15, 0.2) is 5.16 Å². The number of hydrogen-bond acceptors (Lipinski definition) is 7. The lowest BCUT2D eigenvalue weighted by Crippen LogP contribution is -2.36. The third-order valence-corrected chi connectivity index (χ3v) is 5.80. The minimum absolute atomic E-state index is 0.132. The van der Waals surface area contributed by atoms with Crippen molar-refractivity contribution in [2.24, 2.45) is 5.92 Å². The van der Waals surface area contributed by atoms with E-state index in [-0.39, 0.29) is 17.4 Å². The minimum atomic E-state index is -0.297. The van der Waals surface area contributed by atoms with Gasteiger partial charge < -0.3 is 4.52 Å². The number of carbonyl (C=O) groups is 1. The fourth-order valence-electron chi connectivity index (χ4n) is 2.48. The van der Waals surface area contributed by atoms with Gasteiger partial charge in [-0.05, 0) is 0 Å². The number of anilines is 1. The van der Waals surface area contributed by atoms with Crippen LogP contribution in [0.4, 0.5) is 5.88 Å². The first-order valence-electron chi connectivity index (χ1n) is 6.77. The second kappa shape index (κ2) is 5.47. The van der Waals surface area contributed by atoms with E-state index >= 15 is 0 Å². The van der Waals surface area contributed by atoms with Gasteiger partial charge in [-0.1, -0.05) is 16.9 Å². The summed E-state index contributed by atoms with van der Waals surface area (Å²) < 4.78 is 6.75. The van der Waals surface area contributed by atoms with Gasteiger partial charge in [-0.2, -0.15) is 11.8 Å². The van der Waals surface area contributed by atoms with Crippen LogP contribution in [0.3, 0.4) is 0 Å². The zero-order chi connectivity index (χ0) is 15.1. The van der Waals surface area contributed by atoms with Gasteiger partial charge in [-0.25, -0.2) is 4.98 Å². The van der Waals surface area contributed by atoms with Crippen molar-refractivity contribution in [1.29, 1.82) is 0 Å². The lowest BCUT2D eigenvalue weighted by Gasteiger charge is -2.23. The summed E-state index contributed by atoms with van der Waals surface area (Å²) in [5.74, 6) is 2.22. The molecule has 1 atom stereocenters. The molecule has 2 aromatic heterocycles. The van der Waals surface area contributed by atoms with Gasteiger partial charge in [0.05, 0.1) is 17.2 Å². The highest BCUT2D eigenvalue weighted by atomic mass is 32.2. The number of hydrogen-bond donors (Lipinski definition) is 1. The van der Waals surface area contributed by atoms with E-state index in [4.69, 9.17) is 4.52 Å². The normalized spacial score (nSPS) is 19.5. The van der Waals surface area contributed by atoms with Crippen molar-refractivity contribution in [3.05, 3.63) is 33.9 Å². The van der Waals surface area contributed by atoms with E-state index in [0.717, 1.165) is 22.8 Å². The van der Waals surface area contributed by atoms with Gasteiger partial charge in [0.1, 0.15) is 0 Å². The Labute approximate surface area is 133 Å². The van der Waals surface area contributed by atoms with Crippen molar-refractivity contribution in [2.45, 2.75) is 23.2 Å². The van der Waals surface area contributed by atoms with Crippen LogP contribution < -0.4 is 10.9 Å². The van der Waals surface area contributed by atoms with Crippen LogP contribution in [-0.2, 0) is 22.8 Å². The van der Waals surface area contributed by atoms with Crippen molar-refractivity contribution in [3.63, 3.8) is 0 Å². The number of nitrogens with zero attached hydrogens (tertiary/aromatic N) is 3. The average Bonchev–Trinajstić information content (AvgIpc) is 3.12. The average molecular weight is 336 g/mol. The van der Waals surface area contributed by atoms with Crippen LogP contribution in [-0.4, -0.2) is 26.4 Å². The molecule has 9 heteroatoms. The predicted octanol–water partition coefficient (Wildman–Crippen LogP) is 1.34. The highest BCUT2D eigenvalue weighted by Crippen LogP contribution is 2.35. The van der Waals surface area contributed by atoms with Gasteiger partial charge in [-0.3, -0.25) is 19.5 Å². The van der Waals surface area contributed by atoms with Crippen molar-refractivity contribution in [2.75, 3.05) is 11.1 Å². The smallest absolute Gasteiger partial charge is 0.254 e. The number of amides is 1. The van der Waals surface area contributed by atoms with Crippen molar-refractivity contribution >= 4 is 35.3 Å². The largest absolute Gasteiger partial charge is 0.338 e. The van der Waals surface area contributed by atoms with Crippen LogP contribution in [0.25, 0.3) is 0 Å². The predicted molar refractivity (Wildman–Crippen MR) is 82.8 cm³/mol. The Morgan fingerprint density at radius 2 is 2.36 bits per heavy atom. The number of fused-ring (bicyclic) bond motifs is 2. The minimum Gasteiger partial charge on any atom is -0.338 e. The molecule has 22 heavy (non-hydrogen) atoms. The van der Waals surface area contributed by atoms with Crippen LogP contribution in [0.15, 0.2) is 26.7 Å². The van der Waals surface area contributed by atoms with Crippen LogP contribution in [0.5, 0.6) is 0 Å². The topological polar surface area (TPSA) is 90.0 Å². The Bertz CT molecular complexity index is 801. The Kier molecular flexibility index (Phi) is 3.45. The van der Waals surface area contributed by atoms with Crippen molar-refractivity contribution in [1.82, 2.24) is 14.7 Å². The zero-order valence-corrected chi connectivity index (χ0v) is 13.1. The molecule has 0 saturated heterocycles. The molecule has 0 saturated carbocycles. The Hall–Kier alpha value is -1.74. The fraction of sp³-hybridized carbons (Fsp3) is 0.385. The summed E-state index contributed by atoms with van der Waals surface area (Å²) in [6.45, 7) is 0.339. The molecule has 1 amide bonds.